The van der Waals surface area contributed by atoms with Crippen molar-refractivity contribution < 1.29 is 4.79 Å². The predicted octanol–water partition coefficient (Wildman–Crippen LogP) is -0.554. The lowest BCUT2D eigenvalue weighted by atomic mass is 10.1. The van der Waals surface area contributed by atoms with Crippen molar-refractivity contribution in [3.05, 3.63) is 32.6 Å². The summed E-state index contributed by atoms with van der Waals surface area (Å²) in [6, 6.07) is 1.59. The number of hydrogen-bond acceptors (Lipinski definition) is 4. The Kier molecular flexibility index (Phi) is 4.95. The van der Waals surface area contributed by atoms with Crippen molar-refractivity contribution in [3.63, 3.8) is 0 Å². The summed E-state index contributed by atoms with van der Waals surface area (Å²) in [5.74, 6) is -0.0203. The molecule has 7 heteroatoms. The van der Waals surface area contributed by atoms with Crippen LogP contribution in [0.4, 0.5) is 0 Å². The highest BCUT2D eigenvalue weighted by molar-refractivity contribution is 5.73. The monoisotopic (exact) mass is 294 g/mol. The Morgan fingerprint density at radius 1 is 1.43 bits per heavy atom. The topological polar surface area (TPSA) is 87.2 Å². The summed E-state index contributed by atoms with van der Waals surface area (Å²) in [5.41, 5.74) is -0.0629. The van der Waals surface area contributed by atoms with Gasteiger partial charge < -0.3 is 10.3 Å². The molecular formula is C14H22N4O3. The van der Waals surface area contributed by atoms with Crippen molar-refractivity contribution in [1.29, 1.82) is 0 Å². The molecule has 1 amide bonds. The summed E-state index contributed by atoms with van der Waals surface area (Å²) in [6.07, 6.45) is 1.98. The zero-order chi connectivity index (χ0) is 15.4. The lowest BCUT2D eigenvalue weighted by Crippen LogP contribution is -2.48. The minimum absolute atomic E-state index is 0.0203. The molecule has 0 bridgehead atoms. The van der Waals surface area contributed by atoms with Crippen LogP contribution in [-0.4, -0.2) is 46.0 Å². The van der Waals surface area contributed by atoms with Gasteiger partial charge in [-0.2, -0.15) is 0 Å². The highest BCUT2D eigenvalue weighted by Crippen LogP contribution is 2.09. The minimum Gasteiger partial charge on any atom is -0.352 e. The zero-order valence-electron chi connectivity index (χ0n) is 12.5. The number of nitrogens with zero attached hydrogens (tertiary/aromatic N) is 2. The third-order valence-electron chi connectivity index (χ3n) is 3.71. The molecule has 21 heavy (non-hydrogen) atoms. The number of hydrogen-bond donors (Lipinski definition) is 2. The van der Waals surface area contributed by atoms with E-state index in [0.29, 0.717) is 18.8 Å². The summed E-state index contributed by atoms with van der Waals surface area (Å²) < 4.78 is 1.22. The Balaban J connectivity index is 1.95. The molecule has 0 spiro atoms. The lowest BCUT2D eigenvalue weighted by Gasteiger charge is -2.32. The highest BCUT2D eigenvalue weighted by atomic mass is 16.2. The molecule has 0 aromatic carbocycles. The van der Waals surface area contributed by atoms with Crippen molar-refractivity contribution in [2.45, 2.75) is 39.3 Å². The first-order chi connectivity index (χ1) is 9.95. The number of likely N-dealkylation sites (tertiary alicyclic amines) is 1. The number of aromatic amines is 1. The van der Waals surface area contributed by atoms with Gasteiger partial charge in [0.25, 0.3) is 5.56 Å². The lowest BCUT2D eigenvalue weighted by molar-refractivity contribution is -0.120. The number of piperidine rings is 1. The molecule has 1 fully saturated rings. The number of nitrogens with one attached hydrogen (secondary N) is 2. The van der Waals surface area contributed by atoms with E-state index in [4.69, 9.17) is 0 Å². The van der Waals surface area contributed by atoms with Gasteiger partial charge in [-0.25, -0.2) is 4.79 Å². The molecule has 0 aliphatic carbocycles. The van der Waals surface area contributed by atoms with E-state index >= 15 is 0 Å². The van der Waals surface area contributed by atoms with Gasteiger partial charge in [0.1, 0.15) is 0 Å². The zero-order valence-corrected chi connectivity index (χ0v) is 12.5. The molecule has 116 valence electrons. The first-order valence-electron chi connectivity index (χ1n) is 7.26. The molecule has 1 aliphatic heterocycles. The minimum atomic E-state index is -0.365. The first kappa shape index (κ1) is 15.5. The van der Waals surface area contributed by atoms with Gasteiger partial charge in [0.05, 0.1) is 0 Å². The van der Waals surface area contributed by atoms with E-state index in [1.807, 2.05) is 0 Å². The summed E-state index contributed by atoms with van der Waals surface area (Å²) >= 11 is 0. The van der Waals surface area contributed by atoms with Crippen LogP contribution < -0.4 is 16.6 Å². The average Bonchev–Trinajstić information content (AvgIpc) is 2.37. The molecule has 0 radical (unpaired) electrons. The van der Waals surface area contributed by atoms with E-state index < -0.39 is 0 Å². The second-order valence-electron chi connectivity index (χ2n) is 5.59. The molecule has 1 saturated heterocycles. The van der Waals surface area contributed by atoms with Crippen LogP contribution in [0.25, 0.3) is 0 Å². The number of rotatable bonds is 4. The van der Waals surface area contributed by atoms with E-state index in [-0.39, 0.29) is 23.2 Å². The summed E-state index contributed by atoms with van der Waals surface area (Å²) in [6.45, 7) is 5.89. The number of aromatic nitrogens is 2. The van der Waals surface area contributed by atoms with Crippen LogP contribution in [0, 0.1) is 6.92 Å². The summed E-state index contributed by atoms with van der Waals surface area (Å²) in [4.78, 5) is 39.5. The largest absolute Gasteiger partial charge is 0.352 e. The van der Waals surface area contributed by atoms with Crippen molar-refractivity contribution in [3.8, 4) is 0 Å². The molecule has 1 aromatic rings. The average molecular weight is 294 g/mol. The van der Waals surface area contributed by atoms with Gasteiger partial charge in [-0.15, -0.1) is 0 Å². The second kappa shape index (κ2) is 6.71. The van der Waals surface area contributed by atoms with Gasteiger partial charge in [0.2, 0.25) is 5.91 Å². The third-order valence-corrected chi connectivity index (χ3v) is 3.71. The fourth-order valence-corrected chi connectivity index (χ4v) is 2.75. The van der Waals surface area contributed by atoms with Gasteiger partial charge in [0, 0.05) is 44.4 Å². The van der Waals surface area contributed by atoms with E-state index in [2.05, 4.69) is 15.2 Å². The van der Waals surface area contributed by atoms with Crippen molar-refractivity contribution in [2.24, 2.45) is 0 Å². The van der Waals surface area contributed by atoms with Crippen LogP contribution in [0.2, 0.25) is 0 Å². The molecule has 2 N–H and O–H groups in total. The molecule has 2 heterocycles. The number of carbonyl (C=O) groups is 1. The Morgan fingerprint density at radius 3 is 2.86 bits per heavy atom. The molecule has 0 unspecified atom stereocenters. The molecule has 7 nitrogen and oxygen atoms in total. The quantitative estimate of drug-likeness (QED) is 0.780. The van der Waals surface area contributed by atoms with Crippen LogP contribution in [-0.2, 0) is 11.3 Å². The molecule has 1 aromatic heterocycles. The summed E-state index contributed by atoms with van der Waals surface area (Å²) in [5, 5.41) is 2.92. The molecular weight excluding hydrogens is 272 g/mol. The Morgan fingerprint density at radius 2 is 2.19 bits per heavy atom. The smallest absolute Gasteiger partial charge is 0.328 e. The van der Waals surface area contributed by atoms with E-state index in [1.54, 1.807) is 6.92 Å². The van der Waals surface area contributed by atoms with Crippen LogP contribution >= 0.6 is 0 Å². The van der Waals surface area contributed by atoms with Gasteiger partial charge in [-0.05, 0) is 26.3 Å². The first-order valence-corrected chi connectivity index (χ1v) is 7.26. The number of H-pyrrole nitrogens is 1. The molecule has 2 rings (SSSR count). The van der Waals surface area contributed by atoms with Crippen LogP contribution in [0.3, 0.4) is 0 Å². The predicted molar refractivity (Wildman–Crippen MR) is 79.3 cm³/mol. The Hall–Kier alpha value is -1.89. The molecule has 1 aliphatic rings. The Bertz CT molecular complexity index is 588. The Labute approximate surface area is 123 Å². The normalized spacial score (nSPS) is 19.4. The van der Waals surface area contributed by atoms with Gasteiger partial charge in [0.15, 0.2) is 0 Å². The highest BCUT2D eigenvalue weighted by Gasteiger charge is 2.20. The number of carbonyl (C=O) groups excluding carboxylic acids is 1. The summed E-state index contributed by atoms with van der Waals surface area (Å²) in [7, 11) is 0. The van der Waals surface area contributed by atoms with Crippen LogP contribution in [0.5, 0.6) is 0 Å². The second-order valence-corrected chi connectivity index (χ2v) is 5.59. The fraction of sp³-hybridized carbons (Fsp3) is 0.643. The van der Waals surface area contributed by atoms with Gasteiger partial charge in [-0.1, -0.05) is 0 Å². The maximum atomic E-state index is 11.8. The fourth-order valence-electron chi connectivity index (χ4n) is 2.75. The maximum absolute atomic E-state index is 11.8. The van der Waals surface area contributed by atoms with E-state index in [1.165, 1.54) is 17.6 Å². The number of amides is 1. The van der Waals surface area contributed by atoms with E-state index in [0.717, 1.165) is 25.9 Å². The molecule has 1 atom stereocenters. The molecule has 0 saturated carbocycles. The van der Waals surface area contributed by atoms with Crippen LogP contribution in [0.15, 0.2) is 15.7 Å². The maximum Gasteiger partial charge on any atom is 0.328 e. The number of aryl methyl sites for hydroxylation is 1. The third kappa shape index (κ3) is 4.29. The van der Waals surface area contributed by atoms with Crippen LogP contribution in [0.1, 0.15) is 25.5 Å². The van der Waals surface area contributed by atoms with E-state index in [9.17, 15) is 14.4 Å². The van der Waals surface area contributed by atoms with Crippen molar-refractivity contribution >= 4 is 5.91 Å². The van der Waals surface area contributed by atoms with Gasteiger partial charge in [-0.3, -0.25) is 19.1 Å². The van der Waals surface area contributed by atoms with Gasteiger partial charge >= 0.3 is 5.69 Å². The SMILES string of the molecule is CC(=O)N[C@H]1CCCN(CCn2c(=O)cc(C)[nH]c2=O)C1. The van der Waals surface area contributed by atoms with Crippen molar-refractivity contribution in [2.75, 3.05) is 19.6 Å². The van der Waals surface area contributed by atoms with Crippen molar-refractivity contribution in [1.82, 2.24) is 19.8 Å². The standard InChI is InChI=1S/C14H22N4O3/c1-10-8-13(20)18(14(21)15-10)7-6-17-5-3-4-12(9-17)16-11(2)19/h8,12H,3-7,9H2,1-2H3,(H,15,21)(H,16,19)/t12-/m0/s1.